The smallest absolute Gasteiger partial charge is 0.267 e. The molecule has 2 aromatic heterocycles. The van der Waals surface area contributed by atoms with Crippen LogP contribution < -0.4 is 15.7 Å². The molecule has 5 rings (SSSR count). The molecule has 4 aromatic rings. The molecule has 3 N–H and O–H groups in total. The van der Waals surface area contributed by atoms with Gasteiger partial charge in [0.05, 0.1) is 29.6 Å². The van der Waals surface area contributed by atoms with Gasteiger partial charge in [-0.1, -0.05) is 11.8 Å². The van der Waals surface area contributed by atoms with Crippen molar-refractivity contribution < 1.29 is 19.7 Å². The molecule has 0 fully saturated rings. The predicted molar refractivity (Wildman–Crippen MR) is 149 cm³/mol. The number of fused-ring (bicyclic) bond motifs is 3. The molecule has 1 aliphatic carbocycles. The number of phenolic OH excluding ortho intramolecular Hbond substituents is 2. The quantitative estimate of drug-likeness (QED) is 0.129. The van der Waals surface area contributed by atoms with E-state index in [9.17, 15) is 19.8 Å². The average molecular weight is 551 g/mol. The first kappa shape index (κ1) is 25.8. The second-order valence-electron chi connectivity index (χ2n) is 8.68. The van der Waals surface area contributed by atoms with Gasteiger partial charge in [-0.3, -0.25) is 14.2 Å². The summed E-state index contributed by atoms with van der Waals surface area (Å²) < 4.78 is 7.11. The number of thiophene rings is 1. The molecule has 0 aliphatic heterocycles. The van der Waals surface area contributed by atoms with Crippen molar-refractivity contribution in [2.45, 2.75) is 37.8 Å². The molecule has 2 heterocycles. The number of hydrogen-bond donors (Lipinski definition) is 3. The van der Waals surface area contributed by atoms with E-state index in [0.29, 0.717) is 39.0 Å². The van der Waals surface area contributed by atoms with Crippen LogP contribution in [0, 0.1) is 0 Å². The fourth-order valence-electron chi connectivity index (χ4n) is 4.35. The Bertz CT molecular complexity index is 1580. The highest BCUT2D eigenvalue weighted by Gasteiger charge is 2.23. The minimum Gasteiger partial charge on any atom is -0.508 e. The molecule has 0 radical (unpaired) electrons. The first-order valence-electron chi connectivity index (χ1n) is 12.2. The Morgan fingerprint density at radius 1 is 1.21 bits per heavy atom. The lowest BCUT2D eigenvalue weighted by atomic mass is 9.97. The van der Waals surface area contributed by atoms with E-state index >= 15 is 0 Å². The minimum absolute atomic E-state index is 0.0288. The number of nitrogens with zero attached hydrogens (tertiary/aromatic N) is 3. The number of phenols is 2. The van der Waals surface area contributed by atoms with Crippen molar-refractivity contribution in [2.75, 3.05) is 12.4 Å². The van der Waals surface area contributed by atoms with Gasteiger partial charge in [-0.2, -0.15) is 5.10 Å². The maximum atomic E-state index is 13.8. The lowest BCUT2D eigenvalue weighted by Gasteiger charge is -2.14. The second-order valence-corrected chi connectivity index (χ2v) is 10.7. The van der Waals surface area contributed by atoms with Gasteiger partial charge in [0.1, 0.15) is 22.1 Å². The molecule has 1 aliphatic rings. The number of carbonyl (C=O) groups is 1. The molecule has 38 heavy (non-hydrogen) atoms. The van der Waals surface area contributed by atoms with Crippen molar-refractivity contribution in [1.82, 2.24) is 15.0 Å². The van der Waals surface area contributed by atoms with Gasteiger partial charge in [-0.05, 0) is 74.6 Å². The third-order valence-electron chi connectivity index (χ3n) is 6.10. The predicted octanol–water partition coefficient (Wildman–Crippen LogP) is 4.38. The van der Waals surface area contributed by atoms with Crippen LogP contribution in [0.5, 0.6) is 17.2 Å². The summed E-state index contributed by atoms with van der Waals surface area (Å²) in [5, 5.41) is 24.2. The number of hydrazone groups is 1. The third-order valence-corrected chi connectivity index (χ3v) is 8.23. The lowest BCUT2D eigenvalue weighted by Crippen LogP contribution is -2.24. The lowest BCUT2D eigenvalue weighted by molar-refractivity contribution is -0.118. The average Bonchev–Trinajstić information content (AvgIpc) is 3.28. The molecule has 196 valence electrons. The molecule has 0 saturated carbocycles. The summed E-state index contributed by atoms with van der Waals surface area (Å²) in [6, 6.07) is 11.3. The molecule has 0 spiro atoms. The fraction of sp³-hybridized carbons (Fsp3) is 0.259. The van der Waals surface area contributed by atoms with E-state index in [-0.39, 0.29) is 22.8 Å². The Labute approximate surface area is 226 Å². The summed E-state index contributed by atoms with van der Waals surface area (Å²) >= 11 is 2.72. The number of aromatic hydroxyl groups is 2. The number of amides is 1. The highest BCUT2D eigenvalue weighted by atomic mass is 32.2. The van der Waals surface area contributed by atoms with Crippen molar-refractivity contribution in [3.05, 3.63) is 68.8 Å². The van der Waals surface area contributed by atoms with E-state index in [1.54, 1.807) is 15.9 Å². The molecule has 9 nitrogen and oxygen atoms in total. The molecule has 1 amide bonds. The molecule has 2 aromatic carbocycles. The molecule has 0 atom stereocenters. The minimum atomic E-state index is -0.400. The van der Waals surface area contributed by atoms with E-state index in [0.717, 1.165) is 43.0 Å². The van der Waals surface area contributed by atoms with Crippen LogP contribution in [0.2, 0.25) is 0 Å². The van der Waals surface area contributed by atoms with Gasteiger partial charge in [0, 0.05) is 16.5 Å². The first-order valence-corrected chi connectivity index (χ1v) is 14.0. The molecule has 0 bridgehead atoms. The summed E-state index contributed by atoms with van der Waals surface area (Å²) in [7, 11) is 0. The maximum absolute atomic E-state index is 13.8. The molecule has 11 heteroatoms. The van der Waals surface area contributed by atoms with Crippen LogP contribution in [-0.4, -0.2) is 44.2 Å². The van der Waals surface area contributed by atoms with Gasteiger partial charge < -0.3 is 14.9 Å². The van der Waals surface area contributed by atoms with Crippen molar-refractivity contribution in [3.63, 3.8) is 0 Å². The molecular weight excluding hydrogens is 524 g/mol. The summed E-state index contributed by atoms with van der Waals surface area (Å²) in [6.45, 7) is 2.45. The number of rotatable bonds is 8. The fourth-order valence-corrected chi connectivity index (χ4v) is 6.45. The normalized spacial score (nSPS) is 13.1. The van der Waals surface area contributed by atoms with Crippen LogP contribution in [0.1, 0.15) is 35.8 Å². The zero-order valence-corrected chi connectivity index (χ0v) is 22.3. The monoisotopic (exact) mass is 550 g/mol. The van der Waals surface area contributed by atoms with Gasteiger partial charge in [0.15, 0.2) is 5.16 Å². The van der Waals surface area contributed by atoms with Gasteiger partial charge in [-0.25, -0.2) is 10.4 Å². The third kappa shape index (κ3) is 5.39. The number of nitrogens with one attached hydrogen (secondary N) is 1. The zero-order valence-electron chi connectivity index (χ0n) is 20.6. The molecule has 0 unspecified atom stereocenters. The molecule has 0 saturated heterocycles. The van der Waals surface area contributed by atoms with E-state index in [4.69, 9.17) is 9.72 Å². The number of benzene rings is 2. The highest BCUT2D eigenvalue weighted by molar-refractivity contribution is 7.99. The summed E-state index contributed by atoms with van der Waals surface area (Å²) in [6.07, 6.45) is 5.28. The van der Waals surface area contributed by atoms with E-state index in [1.807, 2.05) is 31.2 Å². The van der Waals surface area contributed by atoms with Gasteiger partial charge in [-0.15, -0.1) is 11.3 Å². The number of thioether (sulfide) groups is 1. The number of aryl methyl sites for hydroxylation is 2. The van der Waals surface area contributed by atoms with Crippen LogP contribution in [0.3, 0.4) is 0 Å². The zero-order chi connectivity index (χ0) is 26.6. The van der Waals surface area contributed by atoms with Crippen molar-refractivity contribution in [1.29, 1.82) is 0 Å². The van der Waals surface area contributed by atoms with Crippen molar-refractivity contribution >= 4 is 45.4 Å². The van der Waals surface area contributed by atoms with E-state index in [1.165, 1.54) is 29.3 Å². The highest BCUT2D eigenvalue weighted by Crippen LogP contribution is 2.35. The number of aromatic nitrogens is 2. The van der Waals surface area contributed by atoms with Crippen LogP contribution >= 0.6 is 23.1 Å². The van der Waals surface area contributed by atoms with E-state index in [2.05, 4.69) is 10.5 Å². The largest absolute Gasteiger partial charge is 0.508 e. The Kier molecular flexibility index (Phi) is 7.66. The van der Waals surface area contributed by atoms with Crippen LogP contribution in [0.25, 0.3) is 15.9 Å². The first-order chi connectivity index (χ1) is 18.4. The van der Waals surface area contributed by atoms with Gasteiger partial charge in [0.25, 0.3) is 11.5 Å². The van der Waals surface area contributed by atoms with E-state index < -0.39 is 5.91 Å². The van der Waals surface area contributed by atoms with Crippen LogP contribution in [0.15, 0.2) is 57.5 Å². The Morgan fingerprint density at radius 2 is 2.00 bits per heavy atom. The van der Waals surface area contributed by atoms with Crippen molar-refractivity contribution in [3.8, 4) is 22.9 Å². The van der Waals surface area contributed by atoms with Crippen LogP contribution in [0.4, 0.5) is 0 Å². The SMILES string of the molecule is CCOc1ccc(-n2c(SCC(=O)N/N=C/c3ccc(O)cc3O)nc3sc4c(c3c2=O)CCCC4)cc1. The topological polar surface area (TPSA) is 126 Å². The molecular formula is C27H26N4O5S2. The Morgan fingerprint density at radius 3 is 2.76 bits per heavy atom. The number of hydrogen-bond acceptors (Lipinski definition) is 9. The van der Waals surface area contributed by atoms with Gasteiger partial charge >= 0.3 is 0 Å². The second kappa shape index (κ2) is 11.3. The summed E-state index contributed by atoms with van der Waals surface area (Å²) in [5.74, 6) is 0.0430. The van der Waals surface area contributed by atoms with Crippen molar-refractivity contribution in [2.24, 2.45) is 5.10 Å². The maximum Gasteiger partial charge on any atom is 0.267 e. The summed E-state index contributed by atoms with van der Waals surface area (Å²) in [5.41, 5.74) is 4.38. The number of ether oxygens (including phenoxy) is 1. The number of carbonyl (C=O) groups excluding carboxylic acids is 1. The summed E-state index contributed by atoms with van der Waals surface area (Å²) in [4.78, 5) is 33.1. The van der Waals surface area contributed by atoms with Crippen LogP contribution in [-0.2, 0) is 17.6 Å². The Hall–Kier alpha value is -3.83. The standard InChI is InChI=1S/C27H26N4O5S2/c1-2-36-19-11-8-17(9-12-19)31-26(35)24-20-5-3-4-6-22(20)38-25(24)29-27(31)37-15-23(34)30-28-14-16-7-10-18(32)13-21(16)33/h7-14,32-33H,2-6,15H2,1H3,(H,30,34)/b28-14+. The Balaban J connectivity index is 1.42. The van der Waals surface area contributed by atoms with Gasteiger partial charge in [0.2, 0.25) is 0 Å².